The van der Waals surface area contributed by atoms with Gasteiger partial charge in [-0.3, -0.25) is 4.79 Å². The van der Waals surface area contributed by atoms with E-state index in [0.717, 1.165) is 16.8 Å². The molecule has 1 amide bonds. The van der Waals surface area contributed by atoms with Gasteiger partial charge in [-0.25, -0.2) is 14.8 Å². The van der Waals surface area contributed by atoms with Gasteiger partial charge in [0.25, 0.3) is 5.91 Å². The first-order valence-corrected chi connectivity index (χ1v) is 11.6. The number of esters is 1. The van der Waals surface area contributed by atoms with Crippen LogP contribution in [0, 0.1) is 0 Å². The molecule has 0 radical (unpaired) electrons. The molecule has 1 heterocycles. The number of nitrogens with one attached hydrogen (secondary N) is 2. The highest BCUT2D eigenvalue weighted by atomic mass is 35.5. The Balaban J connectivity index is 1.41. The van der Waals surface area contributed by atoms with Crippen molar-refractivity contribution in [3.63, 3.8) is 0 Å². The van der Waals surface area contributed by atoms with E-state index in [2.05, 4.69) is 20.6 Å². The maximum Gasteiger partial charge on any atom is 0.340 e. The van der Waals surface area contributed by atoms with E-state index in [4.69, 9.17) is 16.3 Å². The standard InChI is InChI=1S/C28H25ClN4O3/c1-28(2,3)36-26(35)23-6-4-5-7-24(23)32-21-12-14-22(15-13-21)33-25(34)19-10-8-18(9-11-19)20-16-30-27(29)31-17-20/h4-17,32H,1-3H3,(H,33,34). The molecule has 0 bridgehead atoms. The topological polar surface area (TPSA) is 93.2 Å². The number of ether oxygens (including phenoxy) is 1. The van der Waals surface area contributed by atoms with E-state index in [-0.39, 0.29) is 11.2 Å². The molecule has 8 heteroatoms. The second-order valence-corrected chi connectivity index (χ2v) is 9.36. The molecule has 2 N–H and O–H groups in total. The van der Waals surface area contributed by atoms with E-state index in [9.17, 15) is 9.59 Å². The number of para-hydroxylation sites is 1. The first-order valence-electron chi connectivity index (χ1n) is 11.3. The van der Waals surface area contributed by atoms with Crippen LogP contribution < -0.4 is 10.6 Å². The van der Waals surface area contributed by atoms with Crippen molar-refractivity contribution >= 4 is 40.5 Å². The lowest BCUT2D eigenvalue weighted by Gasteiger charge is -2.20. The van der Waals surface area contributed by atoms with Crippen LogP contribution in [0.25, 0.3) is 11.1 Å². The molecule has 4 rings (SSSR count). The first kappa shape index (κ1) is 24.9. The van der Waals surface area contributed by atoms with Gasteiger partial charge in [-0.1, -0.05) is 24.3 Å². The number of hydrogen-bond acceptors (Lipinski definition) is 6. The van der Waals surface area contributed by atoms with Gasteiger partial charge in [-0.2, -0.15) is 0 Å². The van der Waals surface area contributed by atoms with Crippen LogP contribution in [0.15, 0.2) is 85.2 Å². The number of aromatic nitrogens is 2. The molecule has 0 unspecified atom stereocenters. The van der Waals surface area contributed by atoms with E-state index in [0.29, 0.717) is 22.5 Å². The normalized spacial score (nSPS) is 11.0. The number of carbonyl (C=O) groups excluding carboxylic acids is 2. The van der Waals surface area contributed by atoms with Gasteiger partial charge >= 0.3 is 5.97 Å². The van der Waals surface area contributed by atoms with Crippen molar-refractivity contribution < 1.29 is 14.3 Å². The number of anilines is 3. The average molecular weight is 501 g/mol. The van der Waals surface area contributed by atoms with Gasteiger partial charge in [-0.15, -0.1) is 0 Å². The van der Waals surface area contributed by atoms with Gasteiger partial charge in [0.2, 0.25) is 5.28 Å². The molecule has 3 aromatic carbocycles. The molecule has 4 aromatic rings. The fraction of sp³-hybridized carbons (Fsp3) is 0.143. The summed E-state index contributed by atoms with van der Waals surface area (Å²) in [7, 11) is 0. The zero-order valence-electron chi connectivity index (χ0n) is 20.1. The molecular weight excluding hydrogens is 476 g/mol. The van der Waals surface area contributed by atoms with Crippen molar-refractivity contribution in [1.82, 2.24) is 9.97 Å². The summed E-state index contributed by atoms with van der Waals surface area (Å²) in [5.41, 5.74) is 4.09. The Labute approximate surface area is 214 Å². The molecule has 1 aromatic heterocycles. The number of carbonyl (C=O) groups is 2. The van der Waals surface area contributed by atoms with Crippen LogP contribution in [0.5, 0.6) is 0 Å². The predicted molar refractivity (Wildman–Crippen MR) is 142 cm³/mol. The van der Waals surface area contributed by atoms with Crippen molar-refractivity contribution in [1.29, 1.82) is 0 Å². The molecule has 0 spiro atoms. The highest BCUT2D eigenvalue weighted by molar-refractivity contribution is 6.28. The van der Waals surface area contributed by atoms with Gasteiger partial charge in [0.1, 0.15) is 5.60 Å². The number of rotatable bonds is 6. The summed E-state index contributed by atoms with van der Waals surface area (Å²) in [5.74, 6) is -0.631. The number of nitrogens with zero attached hydrogens (tertiary/aromatic N) is 2. The Morgan fingerprint density at radius 3 is 2.06 bits per heavy atom. The molecule has 0 saturated carbocycles. The van der Waals surface area contributed by atoms with Gasteiger partial charge in [0.15, 0.2) is 0 Å². The van der Waals surface area contributed by atoms with Crippen molar-refractivity contribution in [3.8, 4) is 11.1 Å². The lowest BCUT2D eigenvalue weighted by atomic mass is 10.1. The van der Waals surface area contributed by atoms with Crippen LogP contribution in [0.4, 0.5) is 17.1 Å². The molecule has 0 aliphatic heterocycles. The molecule has 182 valence electrons. The third-order valence-corrected chi connectivity index (χ3v) is 5.26. The summed E-state index contributed by atoms with van der Waals surface area (Å²) in [6, 6.07) is 21.5. The molecule has 0 fully saturated rings. The molecule has 0 aliphatic rings. The SMILES string of the molecule is CC(C)(C)OC(=O)c1ccccc1Nc1ccc(NC(=O)c2ccc(-c3cnc(Cl)nc3)cc2)cc1. The van der Waals surface area contributed by atoms with E-state index in [1.54, 1.807) is 48.8 Å². The van der Waals surface area contributed by atoms with Gasteiger partial charge in [0, 0.05) is 34.9 Å². The zero-order valence-corrected chi connectivity index (χ0v) is 20.8. The number of hydrogen-bond donors (Lipinski definition) is 2. The zero-order chi connectivity index (χ0) is 25.7. The molecule has 0 saturated heterocycles. The third kappa shape index (κ3) is 6.46. The maximum atomic E-state index is 12.7. The van der Waals surface area contributed by atoms with Gasteiger partial charge in [-0.05, 0) is 86.5 Å². The monoisotopic (exact) mass is 500 g/mol. The van der Waals surface area contributed by atoms with Gasteiger partial charge < -0.3 is 15.4 Å². The molecule has 36 heavy (non-hydrogen) atoms. The van der Waals surface area contributed by atoms with Crippen LogP contribution in [0.2, 0.25) is 5.28 Å². The van der Waals surface area contributed by atoms with Crippen molar-refractivity contribution in [2.75, 3.05) is 10.6 Å². The minimum atomic E-state index is -0.589. The minimum Gasteiger partial charge on any atom is -0.456 e. The Bertz CT molecular complexity index is 1360. The van der Waals surface area contributed by atoms with Gasteiger partial charge in [0.05, 0.1) is 11.3 Å². The summed E-state index contributed by atoms with van der Waals surface area (Å²) in [4.78, 5) is 33.2. The summed E-state index contributed by atoms with van der Waals surface area (Å²) in [6.45, 7) is 5.49. The number of amides is 1. The van der Waals surface area contributed by atoms with E-state index >= 15 is 0 Å². The van der Waals surface area contributed by atoms with Crippen LogP contribution in [0.1, 0.15) is 41.5 Å². The Kier molecular flexibility index (Phi) is 7.31. The Morgan fingerprint density at radius 2 is 1.42 bits per heavy atom. The smallest absolute Gasteiger partial charge is 0.340 e. The Hall–Kier alpha value is -4.23. The largest absolute Gasteiger partial charge is 0.456 e. The maximum absolute atomic E-state index is 12.7. The second kappa shape index (κ2) is 10.6. The molecule has 7 nitrogen and oxygen atoms in total. The molecular formula is C28H25ClN4O3. The third-order valence-electron chi connectivity index (χ3n) is 5.07. The van der Waals surface area contributed by atoms with Crippen LogP contribution in [-0.4, -0.2) is 27.4 Å². The summed E-state index contributed by atoms with van der Waals surface area (Å²) in [6.07, 6.45) is 3.26. The van der Waals surface area contributed by atoms with Crippen LogP contribution >= 0.6 is 11.6 Å². The van der Waals surface area contributed by atoms with Crippen LogP contribution in [-0.2, 0) is 4.74 Å². The van der Waals surface area contributed by atoms with Crippen LogP contribution in [0.3, 0.4) is 0 Å². The van der Waals surface area contributed by atoms with Crippen molar-refractivity contribution in [2.24, 2.45) is 0 Å². The lowest BCUT2D eigenvalue weighted by molar-refractivity contribution is 0.00706. The Morgan fingerprint density at radius 1 is 0.806 bits per heavy atom. The lowest BCUT2D eigenvalue weighted by Crippen LogP contribution is -2.24. The summed E-state index contributed by atoms with van der Waals surface area (Å²) >= 11 is 5.74. The highest BCUT2D eigenvalue weighted by Crippen LogP contribution is 2.25. The average Bonchev–Trinajstić information content (AvgIpc) is 2.85. The fourth-order valence-corrected chi connectivity index (χ4v) is 3.47. The molecule has 0 aliphatic carbocycles. The second-order valence-electron chi connectivity index (χ2n) is 9.02. The predicted octanol–water partition coefficient (Wildman–Crippen LogP) is 6.75. The first-order chi connectivity index (χ1) is 17.2. The van der Waals surface area contributed by atoms with Crippen molar-refractivity contribution in [3.05, 3.63) is 102 Å². The summed E-state index contributed by atoms with van der Waals surface area (Å²) in [5, 5.41) is 6.32. The number of halogens is 1. The fourth-order valence-electron chi connectivity index (χ4n) is 3.37. The summed E-state index contributed by atoms with van der Waals surface area (Å²) < 4.78 is 5.51. The molecule has 0 atom stereocenters. The van der Waals surface area contributed by atoms with E-state index in [1.165, 1.54) is 0 Å². The quantitative estimate of drug-likeness (QED) is 0.225. The van der Waals surface area contributed by atoms with Crippen molar-refractivity contribution in [2.45, 2.75) is 26.4 Å². The van der Waals surface area contributed by atoms with E-state index < -0.39 is 11.6 Å². The van der Waals surface area contributed by atoms with E-state index in [1.807, 2.05) is 57.2 Å². The number of benzene rings is 3. The minimum absolute atomic E-state index is 0.184. The highest BCUT2D eigenvalue weighted by Gasteiger charge is 2.20.